The van der Waals surface area contributed by atoms with Gasteiger partial charge in [0, 0.05) is 0 Å². The fourth-order valence-electron chi connectivity index (χ4n) is 1.84. The van der Waals surface area contributed by atoms with Crippen molar-refractivity contribution in [3.63, 3.8) is 0 Å². The topological polar surface area (TPSA) is 0 Å². The van der Waals surface area contributed by atoms with Crippen molar-refractivity contribution in [3.05, 3.63) is 36.4 Å². The Bertz CT molecular complexity index is 269. The van der Waals surface area contributed by atoms with Crippen LogP contribution in [0.15, 0.2) is 30.3 Å². The molecular formula is C14H23LiSi. The van der Waals surface area contributed by atoms with Gasteiger partial charge in [-0.1, -0.05) is 82.9 Å². The zero-order valence-electron chi connectivity index (χ0n) is 11.3. The van der Waals surface area contributed by atoms with Gasteiger partial charge >= 0.3 is 18.9 Å². The molecule has 0 heterocycles. The van der Waals surface area contributed by atoms with Crippen LogP contribution < -0.4 is 24.0 Å². The Labute approximate surface area is 114 Å². The van der Waals surface area contributed by atoms with E-state index in [9.17, 15) is 0 Å². The second-order valence-corrected chi connectivity index (χ2v) is 9.22. The van der Waals surface area contributed by atoms with Crippen LogP contribution in [-0.2, 0) is 0 Å². The van der Waals surface area contributed by atoms with E-state index in [1.54, 1.807) is 5.19 Å². The zero-order chi connectivity index (χ0) is 11.1. The first-order valence-electron chi connectivity index (χ1n) is 6.06. The van der Waals surface area contributed by atoms with Gasteiger partial charge in [0.25, 0.3) is 0 Å². The number of unbranched alkanes of at least 4 members (excludes halogenated alkanes) is 3. The van der Waals surface area contributed by atoms with E-state index in [1.165, 1.54) is 25.7 Å². The minimum Gasteiger partial charge on any atom is -0.323 e. The summed E-state index contributed by atoms with van der Waals surface area (Å²) in [5.74, 6) is 0. The average molecular weight is 226 g/mol. The Kier molecular flexibility index (Phi) is 8.19. The van der Waals surface area contributed by atoms with Crippen LogP contribution in [0.2, 0.25) is 13.1 Å². The van der Waals surface area contributed by atoms with Gasteiger partial charge in [-0.15, -0.1) is 0 Å². The molecule has 16 heavy (non-hydrogen) atoms. The fourth-order valence-corrected chi connectivity index (χ4v) is 4.06. The summed E-state index contributed by atoms with van der Waals surface area (Å²) in [6.07, 6.45) is 5.35. The van der Waals surface area contributed by atoms with Gasteiger partial charge in [-0.3, -0.25) is 0 Å². The second kappa shape index (κ2) is 8.17. The minimum atomic E-state index is -1.25. The average Bonchev–Trinajstić information content (AvgIpc) is 2.26. The van der Waals surface area contributed by atoms with Crippen LogP contribution in [0.25, 0.3) is 0 Å². The molecule has 0 aromatic heterocycles. The number of rotatable bonds is 6. The van der Waals surface area contributed by atoms with Crippen molar-refractivity contribution >= 4 is 13.3 Å². The third-order valence-corrected chi connectivity index (χ3v) is 6.11. The van der Waals surface area contributed by atoms with Crippen molar-refractivity contribution in [1.82, 2.24) is 0 Å². The van der Waals surface area contributed by atoms with E-state index in [1.807, 2.05) is 0 Å². The van der Waals surface area contributed by atoms with Gasteiger partial charge in [0.05, 0.1) is 0 Å². The summed E-state index contributed by atoms with van der Waals surface area (Å²) in [6.45, 7) is 7.14. The van der Waals surface area contributed by atoms with Crippen molar-refractivity contribution in [2.24, 2.45) is 0 Å². The van der Waals surface area contributed by atoms with E-state index in [-0.39, 0.29) is 18.9 Å². The number of benzene rings is 1. The summed E-state index contributed by atoms with van der Waals surface area (Å²) < 4.78 is 0. The zero-order valence-corrected chi connectivity index (χ0v) is 12.3. The number of hydrogen-bond acceptors (Lipinski definition) is 0. The molecule has 0 radical (unpaired) electrons. The first-order chi connectivity index (χ1) is 7.17. The maximum absolute atomic E-state index is 2.60. The molecule has 0 saturated heterocycles. The predicted molar refractivity (Wildman–Crippen MR) is 72.0 cm³/mol. The van der Waals surface area contributed by atoms with Gasteiger partial charge in [-0.25, -0.2) is 0 Å². The molecule has 84 valence electrons. The molecule has 1 rings (SSSR count). The monoisotopic (exact) mass is 226 g/mol. The van der Waals surface area contributed by atoms with Gasteiger partial charge < -0.3 is 6.04 Å². The molecule has 0 aliphatic carbocycles. The first kappa shape index (κ1) is 16.0. The van der Waals surface area contributed by atoms with Crippen LogP contribution in [0.5, 0.6) is 0 Å². The Morgan fingerprint density at radius 2 is 1.69 bits per heavy atom. The Hall–Kier alpha value is 0.0343. The summed E-state index contributed by atoms with van der Waals surface area (Å²) in [4.78, 5) is 0. The Balaban J connectivity index is 0.00000225. The quantitative estimate of drug-likeness (QED) is 0.384. The van der Waals surface area contributed by atoms with Gasteiger partial charge in [0.1, 0.15) is 0 Å². The molecule has 0 amide bonds. The van der Waals surface area contributed by atoms with Crippen LogP contribution in [0.4, 0.5) is 0 Å². The molecular weight excluding hydrogens is 203 g/mol. The van der Waals surface area contributed by atoms with E-state index in [4.69, 9.17) is 0 Å². The van der Waals surface area contributed by atoms with Crippen LogP contribution in [-0.4, -0.2) is 8.07 Å². The van der Waals surface area contributed by atoms with Gasteiger partial charge in [0.2, 0.25) is 0 Å². The molecule has 0 N–H and O–H groups in total. The number of hydrogen-bond donors (Lipinski definition) is 0. The summed E-state index contributed by atoms with van der Waals surface area (Å²) in [7, 11) is -1.25. The molecule has 0 aliphatic heterocycles. The smallest absolute Gasteiger partial charge is 0.323 e. The fraction of sp³-hybridized carbons (Fsp3) is 0.500. The standard InChI is InChI=1S/C14H23Si.Li/c1-4-5-6-10-13-15(2,3)14-11-8-7-9-12-14;/h7-9,11-13H,4-6,10H2,1-3H3;/q-1;+1. The maximum Gasteiger partial charge on any atom is 1.00 e. The van der Waals surface area contributed by atoms with Crippen LogP contribution in [0, 0.1) is 6.04 Å². The first-order valence-corrected chi connectivity index (χ1v) is 9.14. The molecule has 0 atom stereocenters. The van der Waals surface area contributed by atoms with Crippen molar-refractivity contribution in [1.29, 1.82) is 0 Å². The maximum atomic E-state index is 2.60. The van der Waals surface area contributed by atoms with Crippen LogP contribution >= 0.6 is 0 Å². The van der Waals surface area contributed by atoms with E-state index < -0.39 is 8.07 Å². The summed E-state index contributed by atoms with van der Waals surface area (Å²) in [5.41, 5.74) is 0. The minimum absolute atomic E-state index is 0. The van der Waals surface area contributed by atoms with E-state index in [0.29, 0.717) is 0 Å². The third kappa shape index (κ3) is 5.39. The van der Waals surface area contributed by atoms with Crippen LogP contribution in [0.3, 0.4) is 0 Å². The largest absolute Gasteiger partial charge is 1.00 e. The molecule has 0 fully saturated rings. The molecule has 0 nitrogen and oxygen atoms in total. The molecule has 1 aromatic rings. The SMILES string of the molecule is CCCCC[CH-][Si](C)(C)c1ccccc1.[Li+]. The van der Waals surface area contributed by atoms with Gasteiger partial charge in [-0.05, 0) is 0 Å². The molecule has 0 aliphatic rings. The predicted octanol–water partition coefficient (Wildman–Crippen LogP) is 0.930. The molecule has 1 aromatic carbocycles. The van der Waals surface area contributed by atoms with E-state index in [2.05, 4.69) is 56.4 Å². The Morgan fingerprint density at radius 1 is 1.06 bits per heavy atom. The summed E-state index contributed by atoms with van der Waals surface area (Å²) in [6, 6.07) is 13.6. The van der Waals surface area contributed by atoms with Gasteiger partial charge in [-0.2, -0.15) is 6.42 Å². The molecule has 0 spiro atoms. The normalized spacial score (nSPS) is 10.9. The summed E-state index contributed by atoms with van der Waals surface area (Å²) in [5, 5.41) is 1.56. The van der Waals surface area contributed by atoms with Crippen LogP contribution in [0.1, 0.15) is 32.6 Å². The van der Waals surface area contributed by atoms with Crippen molar-refractivity contribution in [2.45, 2.75) is 45.7 Å². The molecule has 0 bridgehead atoms. The molecule has 0 unspecified atom stereocenters. The van der Waals surface area contributed by atoms with E-state index in [0.717, 1.165) is 0 Å². The van der Waals surface area contributed by atoms with Gasteiger partial charge in [0.15, 0.2) is 0 Å². The van der Waals surface area contributed by atoms with E-state index >= 15 is 0 Å². The van der Waals surface area contributed by atoms with Crippen molar-refractivity contribution < 1.29 is 18.9 Å². The molecule has 2 heteroatoms. The molecule has 0 saturated carbocycles. The van der Waals surface area contributed by atoms with Crippen molar-refractivity contribution in [3.8, 4) is 0 Å². The third-order valence-electron chi connectivity index (χ3n) is 2.98. The second-order valence-electron chi connectivity index (χ2n) is 4.79. The Morgan fingerprint density at radius 3 is 2.25 bits per heavy atom. The van der Waals surface area contributed by atoms with Crippen molar-refractivity contribution in [2.75, 3.05) is 0 Å². The summed E-state index contributed by atoms with van der Waals surface area (Å²) >= 11 is 0.